The van der Waals surface area contributed by atoms with Crippen LogP contribution in [0.4, 0.5) is 4.79 Å². The molecular weight excluding hydrogens is 252 g/mol. The number of nitrogens with one attached hydrogen (secondary N) is 2. The Kier molecular flexibility index (Phi) is 4.76. The van der Waals surface area contributed by atoms with Crippen molar-refractivity contribution in [2.75, 3.05) is 6.54 Å². The van der Waals surface area contributed by atoms with Gasteiger partial charge in [0.05, 0.1) is 5.69 Å². The summed E-state index contributed by atoms with van der Waals surface area (Å²) in [5.74, 6) is 0.924. The molecule has 0 radical (unpaired) electrons. The number of hydrogen-bond acceptors (Lipinski definition) is 2. The van der Waals surface area contributed by atoms with E-state index in [0.29, 0.717) is 13.1 Å². The second kappa shape index (κ2) is 6.75. The Hall–Kier alpha value is -2.30. The summed E-state index contributed by atoms with van der Waals surface area (Å²) in [6.45, 7) is 5.16. The van der Waals surface area contributed by atoms with Gasteiger partial charge in [-0.15, -0.1) is 0 Å². The minimum atomic E-state index is -0.135. The van der Waals surface area contributed by atoms with E-state index in [4.69, 9.17) is 0 Å². The molecule has 0 aliphatic rings. The number of amides is 2. The van der Waals surface area contributed by atoms with Crippen LogP contribution >= 0.6 is 0 Å². The van der Waals surface area contributed by atoms with Gasteiger partial charge in [0, 0.05) is 25.5 Å². The molecule has 0 saturated heterocycles. The summed E-state index contributed by atoms with van der Waals surface area (Å²) in [7, 11) is 0. The van der Waals surface area contributed by atoms with Gasteiger partial charge in [-0.3, -0.25) is 0 Å². The summed E-state index contributed by atoms with van der Waals surface area (Å²) >= 11 is 0. The lowest BCUT2D eigenvalue weighted by Crippen LogP contribution is -2.35. The highest BCUT2D eigenvalue weighted by atomic mass is 16.2. The predicted octanol–water partition coefficient (Wildman–Crippen LogP) is 2.39. The summed E-state index contributed by atoms with van der Waals surface area (Å²) in [5.41, 5.74) is 2.10. The minimum absolute atomic E-state index is 0.135. The third kappa shape index (κ3) is 3.38. The second-order valence-corrected chi connectivity index (χ2v) is 4.58. The van der Waals surface area contributed by atoms with Crippen LogP contribution in [0.2, 0.25) is 0 Å². The van der Waals surface area contributed by atoms with Crippen LogP contribution in [0.3, 0.4) is 0 Å². The number of aromatic nitrogens is 2. The number of para-hydroxylation sites is 1. The van der Waals surface area contributed by atoms with Crippen molar-refractivity contribution in [3.05, 3.63) is 48.0 Å². The molecule has 1 heterocycles. The molecule has 2 rings (SSSR count). The van der Waals surface area contributed by atoms with Crippen molar-refractivity contribution >= 4 is 6.03 Å². The second-order valence-electron chi connectivity index (χ2n) is 4.58. The zero-order valence-corrected chi connectivity index (χ0v) is 11.9. The Morgan fingerprint density at radius 1 is 1.30 bits per heavy atom. The number of benzene rings is 1. The van der Waals surface area contributed by atoms with Crippen LogP contribution in [-0.2, 0) is 6.54 Å². The fourth-order valence-corrected chi connectivity index (χ4v) is 2.00. The maximum absolute atomic E-state index is 11.6. The highest BCUT2D eigenvalue weighted by Crippen LogP contribution is 2.15. The van der Waals surface area contributed by atoms with Crippen LogP contribution < -0.4 is 10.6 Å². The predicted molar refractivity (Wildman–Crippen MR) is 78.8 cm³/mol. The highest BCUT2D eigenvalue weighted by Gasteiger charge is 2.07. The van der Waals surface area contributed by atoms with Gasteiger partial charge >= 0.3 is 6.03 Å². The van der Waals surface area contributed by atoms with Gasteiger partial charge in [0.25, 0.3) is 0 Å². The molecule has 0 spiro atoms. The molecule has 0 unspecified atom stereocenters. The normalized spacial score (nSPS) is 10.3. The summed E-state index contributed by atoms with van der Waals surface area (Å²) < 4.78 is 2.01. The summed E-state index contributed by atoms with van der Waals surface area (Å²) in [6, 6.07) is 7.85. The van der Waals surface area contributed by atoms with E-state index in [2.05, 4.69) is 15.6 Å². The van der Waals surface area contributed by atoms with Gasteiger partial charge in [0.2, 0.25) is 0 Å². The Morgan fingerprint density at radius 3 is 2.80 bits per heavy atom. The van der Waals surface area contributed by atoms with Crippen molar-refractivity contribution in [1.29, 1.82) is 0 Å². The number of imidazole rings is 1. The lowest BCUT2D eigenvalue weighted by molar-refractivity contribution is 0.240. The van der Waals surface area contributed by atoms with E-state index in [1.165, 1.54) is 0 Å². The number of nitrogens with zero attached hydrogens (tertiary/aromatic N) is 2. The van der Waals surface area contributed by atoms with Crippen LogP contribution in [-0.4, -0.2) is 22.1 Å². The maximum Gasteiger partial charge on any atom is 0.315 e. The van der Waals surface area contributed by atoms with Gasteiger partial charge < -0.3 is 15.2 Å². The molecule has 5 nitrogen and oxygen atoms in total. The van der Waals surface area contributed by atoms with Crippen molar-refractivity contribution in [2.24, 2.45) is 0 Å². The van der Waals surface area contributed by atoms with Gasteiger partial charge in [-0.1, -0.05) is 25.1 Å². The van der Waals surface area contributed by atoms with Gasteiger partial charge in [-0.05, 0) is 25.0 Å². The summed E-state index contributed by atoms with van der Waals surface area (Å²) in [5, 5.41) is 5.67. The first-order valence-electron chi connectivity index (χ1n) is 6.82. The molecule has 2 N–H and O–H groups in total. The maximum atomic E-state index is 11.6. The lowest BCUT2D eigenvalue weighted by atomic mass is 10.1. The number of hydrogen-bond donors (Lipinski definition) is 2. The largest absolute Gasteiger partial charge is 0.338 e. The van der Waals surface area contributed by atoms with Crippen LogP contribution in [0.5, 0.6) is 0 Å². The molecule has 0 fully saturated rings. The van der Waals surface area contributed by atoms with E-state index in [1.54, 1.807) is 6.20 Å². The van der Waals surface area contributed by atoms with Crippen molar-refractivity contribution in [2.45, 2.75) is 26.8 Å². The Morgan fingerprint density at radius 2 is 2.10 bits per heavy atom. The van der Waals surface area contributed by atoms with Gasteiger partial charge in [-0.25, -0.2) is 9.78 Å². The number of rotatable bonds is 5. The fourth-order valence-electron chi connectivity index (χ4n) is 2.00. The van der Waals surface area contributed by atoms with Crippen molar-refractivity contribution in [3.8, 4) is 5.69 Å². The molecule has 0 aliphatic heterocycles. The highest BCUT2D eigenvalue weighted by molar-refractivity contribution is 5.73. The molecular formula is C15H20N4O. The SMILES string of the molecule is CCCNC(=O)NCc1ccccc1-n1ccnc1C. The first-order chi connectivity index (χ1) is 9.72. The monoisotopic (exact) mass is 272 g/mol. The number of aryl methyl sites for hydroxylation is 1. The van der Waals surface area contributed by atoms with E-state index < -0.39 is 0 Å². The first-order valence-corrected chi connectivity index (χ1v) is 6.82. The Labute approximate surface area is 119 Å². The average Bonchev–Trinajstić information content (AvgIpc) is 2.89. The Bertz CT molecular complexity index is 577. The Balaban J connectivity index is 2.09. The van der Waals surface area contributed by atoms with Crippen LogP contribution in [0.15, 0.2) is 36.7 Å². The zero-order chi connectivity index (χ0) is 14.4. The van der Waals surface area contributed by atoms with E-state index in [1.807, 2.05) is 48.9 Å². The van der Waals surface area contributed by atoms with E-state index in [9.17, 15) is 4.79 Å². The zero-order valence-electron chi connectivity index (χ0n) is 11.9. The molecule has 2 amide bonds. The number of urea groups is 1. The summed E-state index contributed by atoms with van der Waals surface area (Å²) in [4.78, 5) is 15.8. The van der Waals surface area contributed by atoms with Crippen LogP contribution in [0.1, 0.15) is 24.7 Å². The van der Waals surface area contributed by atoms with Crippen molar-refractivity contribution in [3.63, 3.8) is 0 Å². The number of carbonyl (C=O) groups excluding carboxylic acids is 1. The van der Waals surface area contributed by atoms with Crippen LogP contribution in [0, 0.1) is 6.92 Å². The molecule has 0 bridgehead atoms. The lowest BCUT2D eigenvalue weighted by Gasteiger charge is -2.13. The molecule has 20 heavy (non-hydrogen) atoms. The smallest absolute Gasteiger partial charge is 0.315 e. The summed E-state index contributed by atoms with van der Waals surface area (Å²) in [6.07, 6.45) is 4.62. The molecule has 106 valence electrons. The van der Waals surface area contributed by atoms with Gasteiger partial charge in [-0.2, -0.15) is 0 Å². The van der Waals surface area contributed by atoms with Crippen molar-refractivity contribution in [1.82, 2.24) is 20.2 Å². The molecule has 1 aromatic carbocycles. The fraction of sp³-hybridized carbons (Fsp3) is 0.333. The first kappa shape index (κ1) is 14.1. The molecule has 5 heteroatoms. The molecule has 0 saturated carbocycles. The van der Waals surface area contributed by atoms with E-state index in [0.717, 1.165) is 23.5 Å². The third-order valence-corrected chi connectivity index (χ3v) is 3.05. The number of carbonyl (C=O) groups is 1. The standard InChI is InChI=1S/C15H20N4O/c1-3-8-17-15(20)18-11-13-6-4-5-7-14(13)19-10-9-16-12(19)2/h4-7,9-10H,3,8,11H2,1-2H3,(H2,17,18,20). The van der Waals surface area contributed by atoms with E-state index >= 15 is 0 Å². The third-order valence-electron chi connectivity index (χ3n) is 3.05. The topological polar surface area (TPSA) is 59.0 Å². The van der Waals surface area contributed by atoms with E-state index in [-0.39, 0.29) is 6.03 Å². The van der Waals surface area contributed by atoms with Gasteiger partial charge in [0.1, 0.15) is 5.82 Å². The minimum Gasteiger partial charge on any atom is -0.338 e. The molecule has 2 aromatic rings. The molecule has 0 atom stereocenters. The van der Waals surface area contributed by atoms with Gasteiger partial charge in [0.15, 0.2) is 0 Å². The quantitative estimate of drug-likeness (QED) is 0.878. The molecule has 1 aromatic heterocycles. The average molecular weight is 272 g/mol. The van der Waals surface area contributed by atoms with Crippen LogP contribution in [0.25, 0.3) is 5.69 Å². The van der Waals surface area contributed by atoms with Crippen molar-refractivity contribution < 1.29 is 4.79 Å². The molecule has 0 aliphatic carbocycles.